The zero-order valence-corrected chi connectivity index (χ0v) is 24.4. The molecule has 0 aliphatic carbocycles. The minimum absolute atomic E-state index is 0.437. The molecule has 0 fully saturated rings. The Balaban J connectivity index is 1.22. The number of aromatic nitrogens is 1. The van der Waals surface area contributed by atoms with Crippen molar-refractivity contribution in [1.29, 1.82) is 0 Å². The van der Waals surface area contributed by atoms with E-state index in [2.05, 4.69) is 95.2 Å². The largest absolute Gasteiger partial charge is 0.456 e. The molecule has 0 bridgehead atoms. The maximum absolute atomic E-state index is 6.37. The highest BCUT2D eigenvalue weighted by Crippen LogP contribution is 2.38. The average Bonchev–Trinajstić information content (AvgIpc) is 3.68. The number of nitrogens with zero attached hydrogens (tertiary/aromatic N) is 3. The smallest absolute Gasteiger partial charge is 0.159 e. The van der Waals surface area contributed by atoms with Gasteiger partial charge in [-0.05, 0) is 51.9 Å². The zero-order chi connectivity index (χ0) is 30.2. The summed E-state index contributed by atoms with van der Waals surface area (Å²) < 4.78 is 12.6. The number of rotatable bonds is 3. The van der Waals surface area contributed by atoms with Crippen LogP contribution in [0.15, 0.2) is 153 Å². The van der Waals surface area contributed by atoms with E-state index in [0.717, 1.165) is 71.1 Å². The summed E-state index contributed by atoms with van der Waals surface area (Å²) >= 11 is 0. The molecule has 0 saturated carbocycles. The highest BCUT2D eigenvalue weighted by atomic mass is 16.3. The monoisotopic (exact) mass is 592 g/mol. The van der Waals surface area contributed by atoms with Gasteiger partial charge in [0.15, 0.2) is 11.4 Å². The fourth-order valence-electron chi connectivity index (χ4n) is 6.83. The van der Waals surface area contributed by atoms with E-state index in [1.54, 1.807) is 6.20 Å². The van der Waals surface area contributed by atoms with E-state index in [-0.39, 0.29) is 0 Å². The normalized spacial score (nSPS) is 15.2. The number of pyridine rings is 1. The summed E-state index contributed by atoms with van der Waals surface area (Å²) in [5.41, 5.74) is 6.00. The Morgan fingerprint density at radius 3 is 2.17 bits per heavy atom. The van der Waals surface area contributed by atoms with Crippen LogP contribution in [0.1, 0.15) is 22.9 Å². The molecule has 46 heavy (non-hydrogen) atoms. The van der Waals surface area contributed by atoms with Gasteiger partial charge in [-0.3, -0.25) is 4.98 Å². The van der Waals surface area contributed by atoms with Crippen molar-refractivity contribution in [2.45, 2.75) is 6.17 Å². The van der Waals surface area contributed by atoms with Crippen LogP contribution in [0, 0.1) is 0 Å². The Kier molecular flexibility index (Phi) is 5.25. The van der Waals surface area contributed by atoms with Crippen molar-refractivity contribution in [3.8, 4) is 0 Å². The van der Waals surface area contributed by atoms with Gasteiger partial charge in [-0.25, -0.2) is 9.98 Å². The summed E-state index contributed by atoms with van der Waals surface area (Å²) in [7, 11) is 0. The fourth-order valence-corrected chi connectivity index (χ4v) is 6.83. The Hall–Kier alpha value is -6.27. The molecule has 6 aromatic carbocycles. The van der Waals surface area contributed by atoms with Crippen molar-refractivity contribution in [3.63, 3.8) is 0 Å². The molecule has 1 aliphatic rings. The van der Waals surface area contributed by atoms with Crippen LogP contribution in [-0.4, -0.2) is 16.7 Å². The van der Waals surface area contributed by atoms with Crippen LogP contribution in [0.3, 0.4) is 0 Å². The molecular formula is C40H24N4O2. The lowest BCUT2D eigenvalue weighted by molar-refractivity contribution is 0.662. The molecule has 1 N–H and O–H groups in total. The summed E-state index contributed by atoms with van der Waals surface area (Å²) in [5, 5.41) is 12.3. The minimum atomic E-state index is -0.437. The molecule has 6 nitrogen and oxygen atoms in total. The van der Waals surface area contributed by atoms with Gasteiger partial charge >= 0.3 is 0 Å². The van der Waals surface area contributed by atoms with E-state index in [9.17, 15) is 0 Å². The number of fused-ring (bicyclic) bond motifs is 8. The standard InChI is InChI=1S/C40H24N4O2/c1-2-9-24-18-27(17-16-23(24)8-1)38-42-39(29-13-7-15-33-36(29)28-12-5-6-14-32(28)45-33)44-40(43-38)31-21-41-22-35-37(31)30-19-25-10-3-4-11-26(25)20-34(30)46-35/h1-22,39H,(H,42,43,44). The predicted octanol–water partition coefficient (Wildman–Crippen LogP) is 9.68. The van der Waals surface area contributed by atoms with E-state index < -0.39 is 6.17 Å². The topological polar surface area (TPSA) is 75.9 Å². The molecule has 9 aromatic rings. The number of hydrogen-bond acceptors (Lipinski definition) is 6. The van der Waals surface area contributed by atoms with Crippen LogP contribution >= 0.6 is 0 Å². The van der Waals surface area contributed by atoms with Gasteiger partial charge in [-0.2, -0.15) is 0 Å². The first-order chi connectivity index (χ1) is 22.8. The molecule has 0 saturated heterocycles. The Labute approximate surface area is 262 Å². The number of hydrogen-bond donors (Lipinski definition) is 1. The number of benzene rings is 6. The minimum Gasteiger partial charge on any atom is -0.456 e. The highest BCUT2D eigenvalue weighted by molar-refractivity contribution is 6.23. The lowest BCUT2D eigenvalue weighted by Crippen LogP contribution is -2.33. The first-order valence-corrected chi connectivity index (χ1v) is 15.3. The first-order valence-electron chi connectivity index (χ1n) is 15.3. The van der Waals surface area contributed by atoms with E-state index >= 15 is 0 Å². The Bertz CT molecular complexity index is 2750. The zero-order valence-electron chi connectivity index (χ0n) is 24.4. The van der Waals surface area contributed by atoms with Gasteiger partial charge in [0.05, 0.1) is 6.20 Å². The molecule has 0 amide bonds. The summed E-state index contributed by atoms with van der Waals surface area (Å²) in [4.78, 5) is 15.0. The lowest BCUT2D eigenvalue weighted by Gasteiger charge is -2.24. The molecule has 6 heteroatoms. The van der Waals surface area contributed by atoms with Gasteiger partial charge in [0.1, 0.15) is 28.8 Å². The van der Waals surface area contributed by atoms with Crippen molar-refractivity contribution >= 4 is 77.1 Å². The molecule has 216 valence electrons. The summed E-state index contributed by atoms with van der Waals surface area (Å²) in [6.45, 7) is 0. The second-order valence-electron chi connectivity index (χ2n) is 11.7. The summed E-state index contributed by atoms with van der Waals surface area (Å²) in [6.07, 6.45) is 3.21. The lowest BCUT2D eigenvalue weighted by atomic mass is 10.0. The van der Waals surface area contributed by atoms with Crippen LogP contribution in [0.25, 0.3) is 65.4 Å². The van der Waals surface area contributed by atoms with E-state index in [4.69, 9.17) is 18.8 Å². The third kappa shape index (κ3) is 3.80. The molecule has 1 aliphatic heterocycles. The second-order valence-corrected chi connectivity index (χ2v) is 11.7. The molecule has 3 aromatic heterocycles. The first kappa shape index (κ1) is 25.1. The molecule has 1 atom stereocenters. The SMILES string of the molecule is c1ccc2cc(C3=NC(c4cccc5oc6ccccc6c45)NC(c4cncc5oc6cc7ccccc7cc6c45)=N3)ccc2c1. The fraction of sp³-hybridized carbons (Fsp3) is 0.0250. The molecule has 0 spiro atoms. The van der Waals surface area contributed by atoms with Crippen LogP contribution in [0.5, 0.6) is 0 Å². The number of para-hydroxylation sites is 1. The number of nitrogens with one attached hydrogen (secondary N) is 1. The van der Waals surface area contributed by atoms with Crippen molar-refractivity contribution in [1.82, 2.24) is 10.3 Å². The third-order valence-electron chi connectivity index (χ3n) is 8.98. The third-order valence-corrected chi connectivity index (χ3v) is 8.98. The maximum Gasteiger partial charge on any atom is 0.159 e. The number of aliphatic imine (C=N–C) groups is 2. The number of amidine groups is 2. The molecule has 10 rings (SSSR count). The van der Waals surface area contributed by atoms with E-state index in [1.807, 2.05) is 42.6 Å². The maximum atomic E-state index is 6.37. The van der Waals surface area contributed by atoms with Crippen LogP contribution in [0.4, 0.5) is 0 Å². The van der Waals surface area contributed by atoms with Crippen molar-refractivity contribution < 1.29 is 8.83 Å². The summed E-state index contributed by atoms with van der Waals surface area (Å²) in [5.74, 6) is 1.33. The van der Waals surface area contributed by atoms with Gasteiger partial charge in [0.25, 0.3) is 0 Å². The van der Waals surface area contributed by atoms with E-state index in [0.29, 0.717) is 17.3 Å². The molecule has 4 heterocycles. The quantitative estimate of drug-likeness (QED) is 0.222. The highest BCUT2D eigenvalue weighted by Gasteiger charge is 2.26. The second kappa shape index (κ2) is 9.61. The van der Waals surface area contributed by atoms with Gasteiger partial charge < -0.3 is 14.2 Å². The Morgan fingerprint density at radius 2 is 1.28 bits per heavy atom. The Morgan fingerprint density at radius 1 is 0.543 bits per heavy atom. The number of furan rings is 2. The van der Waals surface area contributed by atoms with Crippen molar-refractivity contribution in [2.75, 3.05) is 0 Å². The average molecular weight is 593 g/mol. The van der Waals surface area contributed by atoms with Crippen LogP contribution < -0.4 is 5.32 Å². The van der Waals surface area contributed by atoms with Crippen molar-refractivity contribution in [3.05, 3.63) is 150 Å². The van der Waals surface area contributed by atoms with Gasteiger partial charge in [0.2, 0.25) is 0 Å². The van der Waals surface area contributed by atoms with E-state index in [1.165, 1.54) is 5.39 Å². The predicted molar refractivity (Wildman–Crippen MR) is 186 cm³/mol. The summed E-state index contributed by atoms with van der Waals surface area (Å²) in [6, 6.07) is 41.6. The molecule has 0 radical (unpaired) electrons. The van der Waals surface area contributed by atoms with Crippen molar-refractivity contribution in [2.24, 2.45) is 9.98 Å². The van der Waals surface area contributed by atoms with Gasteiger partial charge in [-0.15, -0.1) is 0 Å². The molecule has 1 unspecified atom stereocenters. The molecular weight excluding hydrogens is 568 g/mol. The van der Waals surface area contributed by atoms with Crippen LogP contribution in [-0.2, 0) is 0 Å². The van der Waals surface area contributed by atoms with Crippen LogP contribution in [0.2, 0.25) is 0 Å². The van der Waals surface area contributed by atoms with Gasteiger partial charge in [-0.1, -0.05) is 91.0 Å². The van der Waals surface area contributed by atoms with Gasteiger partial charge in [0, 0.05) is 44.4 Å².